The number of ether oxygens (including phenoxy) is 1. The fraction of sp³-hybridized carbons (Fsp3) is 0.267. The van der Waals surface area contributed by atoms with Gasteiger partial charge in [0.15, 0.2) is 0 Å². The first-order chi connectivity index (χ1) is 9.54. The van der Waals surface area contributed by atoms with Crippen LogP contribution in [0.5, 0.6) is 5.75 Å². The Morgan fingerprint density at radius 3 is 2.80 bits per heavy atom. The van der Waals surface area contributed by atoms with Gasteiger partial charge in [0, 0.05) is 0 Å². The van der Waals surface area contributed by atoms with Crippen molar-refractivity contribution in [1.29, 1.82) is 0 Å². The molecule has 0 saturated carbocycles. The van der Waals surface area contributed by atoms with Crippen molar-refractivity contribution in [3.63, 3.8) is 0 Å². The number of aliphatic hydroxyl groups is 1. The van der Waals surface area contributed by atoms with Gasteiger partial charge in [-0.3, -0.25) is 0 Å². The predicted octanol–water partition coefficient (Wildman–Crippen LogP) is 2.17. The highest BCUT2D eigenvalue weighted by molar-refractivity contribution is 5.84. The van der Waals surface area contributed by atoms with E-state index in [9.17, 15) is 9.90 Å². The van der Waals surface area contributed by atoms with E-state index in [1.54, 1.807) is 13.2 Å². The number of furan rings is 1. The Bertz CT molecular complexity index is 673. The van der Waals surface area contributed by atoms with Crippen molar-refractivity contribution < 1.29 is 24.2 Å². The maximum Gasteiger partial charge on any atom is 0.371 e. The van der Waals surface area contributed by atoms with E-state index in [1.807, 2.05) is 12.1 Å². The third kappa shape index (κ3) is 1.78. The number of aryl methyl sites for hydroxylation is 1. The first kappa shape index (κ1) is 12.7. The largest absolute Gasteiger partial charge is 0.497 e. The molecule has 5 heteroatoms. The lowest BCUT2D eigenvalue weighted by atomic mass is 9.93. The second kappa shape index (κ2) is 4.38. The summed E-state index contributed by atoms with van der Waals surface area (Å²) in [4.78, 5) is 10.9. The molecule has 1 aromatic heterocycles. The molecule has 5 nitrogen and oxygen atoms in total. The molecule has 0 saturated heterocycles. The number of carboxylic acids is 1. The first-order valence-electron chi connectivity index (χ1n) is 6.28. The van der Waals surface area contributed by atoms with Crippen LogP contribution in [-0.2, 0) is 12.0 Å². The molecule has 1 unspecified atom stereocenters. The Labute approximate surface area is 115 Å². The van der Waals surface area contributed by atoms with Crippen molar-refractivity contribution in [2.45, 2.75) is 18.4 Å². The summed E-state index contributed by atoms with van der Waals surface area (Å²) in [6.07, 6.45) is 1.17. The predicted molar refractivity (Wildman–Crippen MR) is 70.0 cm³/mol. The Balaban J connectivity index is 2.08. The van der Waals surface area contributed by atoms with Gasteiger partial charge in [0.05, 0.1) is 7.11 Å². The topological polar surface area (TPSA) is 79.9 Å². The van der Waals surface area contributed by atoms with E-state index < -0.39 is 11.6 Å². The fourth-order valence-corrected chi connectivity index (χ4v) is 2.67. The average Bonchev–Trinajstić information content (AvgIpc) is 3.05. The fourth-order valence-electron chi connectivity index (χ4n) is 2.67. The van der Waals surface area contributed by atoms with E-state index in [4.69, 9.17) is 14.3 Å². The van der Waals surface area contributed by atoms with Gasteiger partial charge < -0.3 is 19.4 Å². The highest BCUT2D eigenvalue weighted by Crippen LogP contribution is 2.43. The van der Waals surface area contributed by atoms with Crippen molar-refractivity contribution in [2.24, 2.45) is 0 Å². The number of benzene rings is 1. The normalized spacial score (nSPS) is 20.7. The van der Waals surface area contributed by atoms with E-state index in [1.165, 1.54) is 12.1 Å². The number of carbonyl (C=O) groups is 1. The highest BCUT2D eigenvalue weighted by Gasteiger charge is 2.41. The highest BCUT2D eigenvalue weighted by atomic mass is 16.5. The third-order valence-corrected chi connectivity index (χ3v) is 3.74. The molecule has 1 aromatic carbocycles. The second-order valence-electron chi connectivity index (χ2n) is 4.85. The molecule has 20 heavy (non-hydrogen) atoms. The van der Waals surface area contributed by atoms with Crippen LogP contribution in [-0.4, -0.2) is 23.3 Å². The van der Waals surface area contributed by atoms with Gasteiger partial charge in [-0.1, -0.05) is 6.07 Å². The summed E-state index contributed by atoms with van der Waals surface area (Å²) in [7, 11) is 1.56. The smallest absolute Gasteiger partial charge is 0.371 e. The molecule has 104 valence electrons. The number of carboxylic acid groups (broad SMARTS) is 1. The van der Waals surface area contributed by atoms with Crippen LogP contribution in [0.4, 0.5) is 0 Å². The average molecular weight is 274 g/mol. The molecule has 1 atom stereocenters. The molecule has 0 amide bonds. The number of methoxy groups -OCH3 is 1. The van der Waals surface area contributed by atoms with E-state index >= 15 is 0 Å². The van der Waals surface area contributed by atoms with Crippen molar-refractivity contribution in [2.75, 3.05) is 7.11 Å². The summed E-state index contributed by atoms with van der Waals surface area (Å²) in [6, 6.07) is 8.39. The number of hydrogen-bond donors (Lipinski definition) is 2. The maximum atomic E-state index is 10.9. The Morgan fingerprint density at radius 2 is 2.15 bits per heavy atom. The zero-order chi connectivity index (χ0) is 14.3. The second-order valence-corrected chi connectivity index (χ2v) is 4.85. The van der Waals surface area contributed by atoms with Gasteiger partial charge in [0.1, 0.15) is 17.1 Å². The lowest BCUT2D eigenvalue weighted by molar-refractivity contribution is 0.0517. The van der Waals surface area contributed by atoms with E-state index in [0.717, 1.165) is 5.56 Å². The summed E-state index contributed by atoms with van der Waals surface area (Å²) in [5.41, 5.74) is 0.433. The summed E-state index contributed by atoms with van der Waals surface area (Å²) < 4.78 is 10.4. The van der Waals surface area contributed by atoms with Gasteiger partial charge in [0.2, 0.25) is 5.76 Å². The molecule has 0 radical (unpaired) electrons. The van der Waals surface area contributed by atoms with Crippen LogP contribution >= 0.6 is 0 Å². The Morgan fingerprint density at radius 1 is 1.35 bits per heavy atom. The number of rotatable bonds is 3. The molecule has 0 bridgehead atoms. The molecule has 0 fully saturated rings. The molecule has 0 spiro atoms. The first-order valence-corrected chi connectivity index (χ1v) is 6.28. The zero-order valence-electron chi connectivity index (χ0n) is 10.9. The van der Waals surface area contributed by atoms with Gasteiger partial charge in [-0.25, -0.2) is 4.79 Å². The molecule has 1 aliphatic carbocycles. The molecular formula is C15H14O5. The van der Waals surface area contributed by atoms with Gasteiger partial charge in [-0.15, -0.1) is 0 Å². The quantitative estimate of drug-likeness (QED) is 0.896. The molecule has 1 aliphatic rings. The number of fused-ring (bicyclic) bond motifs is 1. The maximum absolute atomic E-state index is 10.9. The van der Waals surface area contributed by atoms with Crippen LogP contribution in [0.2, 0.25) is 0 Å². The van der Waals surface area contributed by atoms with Crippen LogP contribution in [0.25, 0.3) is 0 Å². The van der Waals surface area contributed by atoms with Gasteiger partial charge >= 0.3 is 5.97 Å². The molecule has 0 aliphatic heterocycles. The zero-order valence-corrected chi connectivity index (χ0v) is 10.9. The van der Waals surface area contributed by atoms with Crippen LogP contribution < -0.4 is 4.74 Å². The standard InChI is InChI=1S/C15H14O5/c1-19-10-3-2-9-6-7-15(18,11(9)8-10)13-5-4-12(20-13)14(16)17/h2-5,8,18H,6-7H2,1H3,(H,16,17). The molecular weight excluding hydrogens is 260 g/mol. The van der Waals surface area contributed by atoms with E-state index in [-0.39, 0.29) is 11.5 Å². The van der Waals surface area contributed by atoms with Gasteiger partial charge in [-0.2, -0.15) is 0 Å². The summed E-state index contributed by atoms with van der Waals surface area (Å²) in [5, 5.41) is 19.8. The molecule has 3 rings (SSSR count). The van der Waals surface area contributed by atoms with Crippen molar-refractivity contribution >= 4 is 5.97 Å². The van der Waals surface area contributed by atoms with Crippen LogP contribution in [0.3, 0.4) is 0 Å². The summed E-state index contributed by atoms with van der Waals surface area (Å²) in [5.74, 6) is -0.426. The minimum Gasteiger partial charge on any atom is -0.497 e. The molecule has 1 heterocycles. The van der Waals surface area contributed by atoms with E-state index in [2.05, 4.69) is 0 Å². The SMILES string of the molecule is COc1ccc2c(c1)C(O)(c1ccc(C(=O)O)o1)CC2. The molecule has 2 aromatic rings. The van der Waals surface area contributed by atoms with Crippen LogP contribution in [0.1, 0.15) is 33.9 Å². The minimum absolute atomic E-state index is 0.176. The number of aromatic carboxylic acids is 1. The van der Waals surface area contributed by atoms with Crippen LogP contribution in [0.15, 0.2) is 34.7 Å². The van der Waals surface area contributed by atoms with Crippen molar-refractivity contribution in [1.82, 2.24) is 0 Å². The Hall–Kier alpha value is -2.27. The van der Waals surface area contributed by atoms with Gasteiger partial charge in [0.25, 0.3) is 0 Å². The Kier molecular flexibility index (Phi) is 2.79. The van der Waals surface area contributed by atoms with Crippen LogP contribution in [0, 0.1) is 0 Å². The lowest BCUT2D eigenvalue weighted by Crippen LogP contribution is -2.23. The molecule has 2 N–H and O–H groups in total. The summed E-state index contributed by atoms with van der Waals surface area (Å²) in [6.45, 7) is 0. The number of hydrogen-bond acceptors (Lipinski definition) is 4. The van der Waals surface area contributed by atoms with Crippen molar-refractivity contribution in [3.05, 3.63) is 53.0 Å². The minimum atomic E-state index is -1.29. The monoisotopic (exact) mass is 274 g/mol. The summed E-state index contributed by atoms with van der Waals surface area (Å²) >= 11 is 0. The third-order valence-electron chi connectivity index (χ3n) is 3.74. The van der Waals surface area contributed by atoms with Crippen molar-refractivity contribution in [3.8, 4) is 5.75 Å². The lowest BCUT2D eigenvalue weighted by Gasteiger charge is -2.21. The van der Waals surface area contributed by atoms with Gasteiger partial charge in [-0.05, 0) is 48.2 Å². The van der Waals surface area contributed by atoms with E-state index in [0.29, 0.717) is 24.2 Å².